The highest BCUT2D eigenvalue weighted by molar-refractivity contribution is 7.13. The summed E-state index contributed by atoms with van der Waals surface area (Å²) < 4.78 is 10.8. The molecule has 0 spiro atoms. The lowest BCUT2D eigenvalue weighted by atomic mass is 10.1. The topological polar surface area (TPSA) is 118 Å². The Morgan fingerprint density at radius 2 is 2.21 bits per heavy atom. The van der Waals surface area contributed by atoms with Crippen molar-refractivity contribution in [2.75, 3.05) is 23.9 Å². The molecule has 0 bridgehead atoms. The second-order valence-electron chi connectivity index (χ2n) is 6.42. The number of carboxylic acids is 1. The Labute approximate surface area is 169 Å². The number of rotatable bonds is 6. The van der Waals surface area contributed by atoms with E-state index in [4.69, 9.17) is 9.15 Å². The molecular formula is C19H18N4O5S. The number of benzene rings is 1. The van der Waals surface area contributed by atoms with E-state index in [0.29, 0.717) is 30.3 Å². The first-order valence-corrected chi connectivity index (χ1v) is 9.81. The molecule has 0 unspecified atom stereocenters. The molecule has 9 nitrogen and oxygen atoms in total. The van der Waals surface area contributed by atoms with Crippen LogP contribution in [0, 0.1) is 0 Å². The summed E-state index contributed by atoms with van der Waals surface area (Å²) in [6, 6.07) is 8.09. The van der Waals surface area contributed by atoms with Crippen molar-refractivity contribution in [1.29, 1.82) is 0 Å². The van der Waals surface area contributed by atoms with Crippen LogP contribution in [0.25, 0.3) is 10.8 Å². The summed E-state index contributed by atoms with van der Waals surface area (Å²) in [5.74, 6) is -0.674. The molecule has 0 radical (unpaired) electrons. The van der Waals surface area contributed by atoms with Gasteiger partial charge in [-0.2, -0.15) is 0 Å². The molecule has 2 N–H and O–H groups in total. The van der Waals surface area contributed by atoms with Gasteiger partial charge in [-0.3, -0.25) is 10.1 Å². The smallest absolute Gasteiger partial charge is 0.326 e. The van der Waals surface area contributed by atoms with Crippen LogP contribution in [0.2, 0.25) is 0 Å². The lowest BCUT2D eigenvalue weighted by Gasteiger charge is -2.24. The first kappa shape index (κ1) is 18.9. The summed E-state index contributed by atoms with van der Waals surface area (Å²) in [4.78, 5) is 26.7. The zero-order valence-electron chi connectivity index (χ0n) is 15.5. The molecule has 1 saturated heterocycles. The van der Waals surface area contributed by atoms with Gasteiger partial charge in [0.2, 0.25) is 0 Å². The quantitative estimate of drug-likeness (QED) is 0.632. The maximum Gasteiger partial charge on any atom is 0.326 e. The van der Waals surface area contributed by atoms with Crippen LogP contribution in [0.1, 0.15) is 23.2 Å². The number of hydrogen-bond donors (Lipinski definition) is 2. The van der Waals surface area contributed by atoms with E-state index in [1.165, 1.54) is 18.4 Å². The van der Waals surface area contributed by atoms with Crippen molar-refractivity contribution in [1.82, 2.24) is 10.2 Å². The summed E-state index contributed by atoms with van der Waals surface area (Å²) in [5.41, 5.74) is 0.972. The number of nitrogens with zero attached hydrogens (tertiary/aromatic N) is 3. The number of carboxylic acid groups (broad SMARTS) is 1. The van der Waals surface area contributed by atoms with E-state index in [-0.39, 0.29) is 11.6 Å². The number of carbonyl (C=O) groups excluding carboxylic acids is 1. The predicted molar refractivity (Wildman–Crippen MR) is 107 cm³/mol. The van der Waals surface area contributed by atoms with Gasteiger partial charge in [0.15, 0.2) is 0 Å². The van der Waals surface area contributed by atoms with Crippen molar-refractivity contribution in [3.63, 3.8) is 0 Å². The van der Waals surface area contributed by atoms with Crippen LogP contribution in [-0.4, -0.2) is 46.9 Å². The Morgan fingerprint density at radius 3 is 2.93 bits per heavy atom. The molecular weight excluding hydrogens is 396 g/mol. The third kappa shape index (κ3) is 3.79. The Balaban J connectivity index is 1.53. The van der Waals surface area contributed by atoms with Crippen LogP contribution < -0.4 is 15.0 Å². The van der Waals surface area contributed by atoms with Crippen LogP contribution >= 0.6 is 11.3 Å². The number of aromatic nitrogens is 2. The summed E-state index contributed by atoms with van der Waals surface area (Å²) in [7, 11) is 1.45. The average molecular weight is 414 g/mol. The molecule has 1 atom stereocenters. The Bertz CT molecular complexity index is 1030. The van der Waals surface area contributed by atoms with Crippen LogP contribution in [0.15, 0.2) is 40.1 Å². The highest BCUT2D eigenvalue weighted by Gasteiger charge is 2.31. The van der Waals surface area contributed by atoms with Crippen LogP contribution in [0.5, 0.6) is 5.75 Å². The monoisotopic (exact) mass is 414 g/mol. The Kier molecular flexibility index (Phi) is 5.17. The molecule has 1 aliphatic heterocycles. The number of hydrogen-bond acceptors (Lipinski definition) is 8. The maximum atomic E-state index is 12.7. The molecule has 2 aromatic heterocycles. The standard InChI is InChI=1S/C19H18N4O5S/c1-27-14-10-11(23-8-2-4-13(23)18(25)26)6-7-12(14)16(24)20-19-22-21-17(28-19)15-5-3-9-29-15/h3,5-7,9-10,13H,2,4,8H2,1H3,(H,25,26)(H,20,22,24)/t13-/m0/s1. The van der Waals surface area contributed by atoms with Gasteiger partial charge in [-0.05, 0) is 36.4 Å². The second-order valence-corrected chi connectivity index (χ2v) is 7.37. The van der Waals surface area contributed by atoms with E-state index < -0.39 is 17.9 Å². The van der Waals surface area contributed by atoms with Gasteiger partial charge in [-0.15, -0.1) is 16.4 Å². The van der Waals surface area contributed by atoms with Gasteiger partial charge in [0.1, 0.15) is 11.8 Å². The van der Waals surface area contributed by atoms with Gasteiger partial charge < -0.3 is 19.2 Å². The molecule has 0 saturated carbocycles. The third-order valence-corrected chi connectivity index (χ3v) is 5.53. The Hall–Kier alpha value is -3.40. The fraction of sp³-hybridized carbons (Fsp3) is 0.263. The summed E-state index contributed by atoms with van der Waals surface area (Å²) in [6.45, 7) is 0.638. The van der Waals surface area contributed by atoms with E-state index in [0.717, 1.165) is 11.3 Å². The highest BCUT2D eigenvalue weighted by atomic mass is 32.1. The van der Waals surface area contributed by atoms with Crippen LogP contribution in [0.3, 0.4) is 0 Å². The molecule has 3 heterocycles. The normalized spacial score (nSPS) is 16.0. The zero-order chi connectivity index (χ0) is 20.4. The van der Waals surface area contributed by atoms with Crippen molar-refractivity contribution in [3.05, 3.63) is 41.3 Å². The summed E-state index contributed by atoms with van der Waals surface area (Å²) >= 11 is 1.45. The number of anilines is 2. The van der Waals surface area contributed by atoms with Crippen molar-refractivity contribution < 1.29 is 23.8 Å². The average Bonchev–Trinajstić information content (AvgIpc) is 3.47. The molecule has 150 valence electrons. The van der Waals surface area contributed by atoms with Gasteiger partial charge in [0, 0.05) is 18.3 Å². The van der Waals surface area contributed by atoms with E-state index in [2.05, 4.69) is 15.5 Å². The molecule has 1 fully saturated rings. The van der Waals surface area contributed by atoms with Gasteiger partial charge in [-0.25, -0.2) is 4.79 Å². The molecule has 1 aliphatic rings. The minimum absolute atomic E-state index is 0.0185. The number of nitrogens with one attached hydrogen (secondary N) is 1. The molecule has 1 aromatic carbocycles. The largest absolute Gasteiger partial charge is 0.496 e. The van der Waals surface area contributed by atoms with Crippen molar-refractivity contribution in [3.8, 4) is 16.5 Å². The summed E-state index contributed by atoms with van der Waals surface area (Å²) in [6.07, 6.45) is 1.38. The zero-order valence-corrected chi connectivity index (χ0v) is 16.3. The Morgan fingerprint density at radius 1 is 1.34 bits per heavy atom. The van der Waals surface area contributed by atoms with E-state index in [1.54, 1.807) is 23.1 Å². The van der Waals surface area contributed by atoms with Crippen molar-refractivity contribution >= 4 is 34.9 Å². The van der Waals surface area contributed by atoms with E-state index in [1.807, 2.05) is 17.5 Å². The van der Waals surface area contributed by atoms with Gasteiger partial charge in [0.05, 0.1) is 17.6 Å². The fourth-order valence-electron chi connectivity index (χ4n) is 3.32. The molecule has 29 heavy (non-hydrogen) atoms. The number of thiophene rings is 1. The SMILES string of the molecule is COc1cc(N2CCC[C@H]2C(=O)O)ccc1C(=O)Nc1nnc(-c2cccs2)o1. The van der Waals surface area contributed by atoms with Crippen molar-refractivity contribution in [2.24, 2.45) is 0 Å². The van der Waals surface area contributed by atoms with Crippen LogP contribution in [-0.2, 0) is 4.79 Å². The number of ether oxygens (including phenoxy) is 1. The molecule has 3 aromatic rings. The molecule has 0 aliphatic carbocycles. The number of methoxy groups -OCH3 is 1. The fourth-order valence-corrected chi connectivity index (χ4v) is 3.96. The lowest BCUT2D eigenvalue weighted by molar-refractivity contribution is -0.138. The molecule has 10 heteroatoms. The second kappa shape index (κ2) is 7.92. The predicted octanol–water partition coefficient (Wildman–Crippen LogP) is 3.11. The number of amides is 1. The first-order valence-electron chi connectivity index (χ1n) is 8.93. The molecule has 4 rings (SSSR count). The molecule has 1 amide bonds. The van der Waals surface area contributed by atoms with E-state index in [9.17, 15) is 14.7 Å². The van der Waals surface area contributed by atoms with Crippen LogP contribution in [0.4, 0.5) is 11.7 Å². The minimum atomic E-state index is -0.860. The minimum Gasteiger partial charge on any atom is -0.496 e. The highest BCUT2D eigenvalue weighted by Crippen LogP contribution is 2.31. The first-order chi connectivity index (χ1) is 14.1. The number of aliphatic carboxylic acids is 1. The van der Waals surface area contributed by atoms with Gasteiger partial charge in [-0.1, -0.05) is 11.2 Å². The van der Waals surface area contributed by atoms with Gasteiger partial charge in [0.25, 0.3) is 11.8 Å². The van der Waals surface area contributed by atoms with Gasteiger partial charge >= 0.3 is 12.0 Å². The van der Waals surface area contributed by atoms with E-state index >= 15 is 0 Å². The summed E-state index contributed by atoms with van der Waals surface area (Å²) in [5, 5.41) is 21.6. The lowest BCUT2D eigenvalue weighted by Crippen LogP contribution is -2.35. The maximum absolute atomic E-state index is 12.7. The number of carbonyl (C=O) groups is 2. The van der Waals surface area contributed by atoms with Crippen molar-refractivity contribution in [2.45, 2.75) is 18.9 Å². The third-order valence-electron chi connectivity index (χ3n) is 4.68.